The molecule has 2 aliphatic rings. The molecule has 0 aliphatic carbocycles. The first-order valence-electron chi connectivity index (χ1n) is 7.24. The summed E-state index contributed by atoms with van der Waals surface area (Å²) < 4.78 is 5.38. The predicted octanol–water partition coefficient (Wildman–Crippen LogP) is 1.98. The van der Waals surface area contributed by atoms with Gasteiger partial charge in [0, 0.05) is 18.8 Å². The number of rotatable bonds is 1. The molecule has 124 valence electrons. The van der Waals surface area contributed by atoms with E-state index >= 15 is 0 Å². The summed E-state index contributed by atoms with van der Waals surface area (Å²) in [6.45, 7) is 3.44. The van der Waals surface area contributed by atoms with Crippen molar-refractivity contribution < 1.29 is 4.74 Å². The minimum absolute atomic E-state index is 0.290. The molecule has 1 aromatic rings. The molecule has 1 unspecified atom stereocenters. The lowest BCUT2D eigenvalue weighted by Crippen LogP contribution is -2.50. The Hall–Kier alpha value is -1.12. The fourth-order valence-corrected chi connectivity index (χ4v) is 3.05. The first-order valence-corrected chi connectivity index (χ1v) is 8.40. The number of hydrogen-bond acceptors (Lipinski definition) is 5. The number of thiocarbonyl (C=S) groups is 1. The van der Waals surface area contributed by atoms with Gasteiger partial charge >= 0.3 is 0 Å². The Morgan fingerprint density at radius 2 is 2.04 bits per heavy atom. The molecule has 0 spiro atoms. The van der Waals surface area contributed by atoms with E-state index in [0.717, 1.165) is 24.7 Å². The highest BCUT2D eigenvalue weighted by Gasteiger charge is 2.30. The van der Waals surface area contributed by atoms with Crippen molar-refractivity contribution in [2.75, 3.05) is 38.2 Å². The molecule has 2 heterocycles. The maximum atomic E-state index is 6.04. The molecule has 0 saturated carbocycles. The predicted molar refractivity (Wildman–Crippen MR) is 97.2 cm³/mol. The van der Waals surface area contributed by atoms with E-state index in [4.69, 9.17) is 45.9 Å². The van der Waals surface area contributed by atoms with Gasteiger partial charge in [-0.25, -0.2) is 4.99 Å². The molecular formula is C14H17Cl2N5OS. The van der Waals surface area contributed by atoms with Crippen LogP contribution in [0.1, 0.15) is 0 Å². The molecule has 1 aromatic carbocycles. The summed E-state index contributed by atoms with van der Waals surface area (Å²) in [5, 5.41) is 4.66. The van der Waals surface area contributed by atoms with Crippen molar-refractivity contribution in [1.29, 1.82) is 0 Å². The molecule has 1 fully saturated rings. The first-order chi connectivity index (χ1) is 11.0. The summed E-state index contributed by atoms with van der Waals surface area (Å²) in [6.07, 6.45) is -0.290. The summed E-state index contributed by atoms with van der Waals surface area (Å²) in [5.74, 6) is 0.790. The Labute approximate surface area is 150 Å². The number of aliphatic imine (C=N–C) groups is 1. The Morgan fingerprint density at radius 1 is 1.30 bits per heavy atom. The largest absolute Gasteiger partial charge is 0.378 e. The third kappa shape index (κ3) is 3.87. The molecule has 0 radical (unpaired) electrons. The van der Waals surface area contributed by atoms with Crippen molar-refractivity contribution in [2.24, 2.45) is 10.7 Å². The third-order valence-corrected chi connectivity index (χ3v) is 4.66. The van der Waals surface area contributed by atoms with Gasteiger partial charge < -0.3 is 20.7 Å². The molecule has 1 atom stereocenters. The number of hydrogen-bond donors (Lipinski definition) is 2. The average molecular weight is 374 g/mol. The number of morpholine rings is 1. The van der Waals surface area contributed by atoms with Gasteiger partial charge in [0.1, 0.15) is 6.17 Å². The number of anilines is 1. The maximum Gasteiger partial charge on any atom is 0.204 e. The third-order valence-electron chi connectivity index (χ3n) is 3.60. The summed E-state index contributed by atoms with van der Waals surface area (Å²) >= 11 is 17.5. The molecular weight excluding hydrogens is 357 g/mol. The van der Waals surface area contributed by atoms with Crippen LogP contribution in [0.3, 0.4) is 0 Å². The molecule has 0 aromatic heterocycles. The van der Waals surface area contributed by atoms with Crippen LogP contribution in [0.15, 0.2) is 23.2 Å². The van der Waals surface area contributed by atoms with Gasteiger partial charge in [-0.1, -0.05) is 23.2 Å². The zero-order valence-electron chi connectivity index (χ0n) is 12.3. The quantitative estimate of drug-likeness (QED) is 0.733. The summed E-state index contributed by atoms with van der Waals surface area (Å²) in [5.41, 5.74) is 6.75. The fourth-order valence-electron chi connectivity index (χ4n) is 2.48. The lowest BCUT2D eigenvalue weighted by Gasteiger charge is -2.33. The number of ether oxygens (including phenoxy) is 1. The summed E-state index contributed by atoms with van der Waals surface area (Å²) in [6, 6.07) is 5.28. The van der Waals surface area contributed by atoms with Crippen LogP contribution in [0, 0.1) is 0 Å². The molecule has 6 nitrogen and oxygen atoms in total. The number of nitrogens with one attached hydrogen (secondary N) is 1. The van der Waals surface area contributed by atoms with Crippen LogP contribution in [0.25, 0.3) is 0 Å². The summed E-state index contributed by atoms with van der Waals surface area (Å²) in [4.78, 5) is 8.55. The van der Waals surface area contributed by atoms with Crippen molar-refractivity contribution in [3.63, 3.8) is 0 Å². The van der Waals surface area contributed by atoms with Crippen LogP contribution >= 0.6 is 35.4 Å². The average Bonchev–Trinajstić information content (AvgIpc) is 2.94. The lowest BCUT2D eigenvalue weighted by molar-refractivity contribution is 0.0650. The molecule has 3 N–H and O–H groups in total. The van der Waals surface area contributed by atoms with Gasteiger partial charge in [0.15, 0.2) is 5.11 Å². The van der Waals surface area contributed by atoms with E-state index in [0.29, 0.717) is 34.9 Å². The zero-order chi connectivity index (χ0) is 16.4. The van der Waals surface area contributed by atoms with Crippen molar-refractivity contribution in [1.82, 2.24) is 9.80 Å². The molecule has 9 heteroatoms. The molecule has 0 amide bonds. The van der Waals surface area contributed by atoms with E-state index in [1.165, 1.54) is 0 Å². The van der Waals surface area contributed by atoms with E-state index < -0.39 is 0 Å². The van der Waals surface area contributed by atoms with Crippen LogP contribution in [-0.2, 0) is 4.74 Å². The van der Waals surface area contributed by atoms with Crippen LogP contribution in [-0.4, -0.2) is 59.9 Å². The van der Waals surface area contributed by atoms with Gasteiger partial charge in [0.2, 0.25) is 5.96 Å². The highest BCUT2D eigenvalue weighted by molar-refractivity contribution is 7.80. The zero-order valence-corrected chi connectivity index (χ0v) is 14.7. The van der Waals surface area contributed by atoms with Gasteiger partial charge in [-0.05, 0) is 30.4 Å². The van der Waals surface area contributed by atoms with Gasteiger partial charge in [0.05, 0.1) is 29.8 Å². The minimum atomic E-state index is -0.290. The minimum Gasteiger partial charge on any atom is -0.378 e. The highest BCUT2D eigenvalue weighted by atomic mass is 35.5. The Kier molecular flexibility index (Phi) is 5.23. The number of benzene rings is 1. The van der Waals surface area contributed by atoms with Crippen molar-refractivity contribution in [3.8, 4) is 0 Å². The highest BCUT2D eigenvalue weighted by Crippen LogP contribution is 2.25. The molecule has 3 rings (SSSR count). The number of nitrogens with zero attached hydrogens (tertiary/aromatic N) is 3. The van der Waals surface area contributed by atoms with Crippen molar-refractivity contribution in [2.45, 2.75) is 6.17 Å². The maximum absolute atomic E-state index is 6.04. The smallest absolute Gasteiger partial charge is 0.204 e. The normalized spacial score (nSPS) is 21.3. The van der Waals surface area contributed by atoms with E-state index in [-0.39, 0.29) is 6.17 Å². The van der Waals surface area contributed by atoms with E-state index in [2.05, 4.69) is 15.2 Å². The van der Waals surface area contributed by atoms with E-state index in [9.17, 15) is 0 Å². The van der Waals surface area contributed by atoms with Gasteiger partial charge in [-0.2, -0.15) is 0 Å². The Bertz CT molecular complexity index is 636. The second-order valence-electron chi connectivity index (χ2n) is 5.27. The van der Waals surface area contributed by atoms with Gasteiger partial charge in [0.25, 0.3) is 0 Å². The Balaban J connectivity index is 1.72. The van der Waals surface area contributed by atoms with Gasteiger partial charge in [-0.3, -0.25) is 4.90 Å². The number of guanidine groups is 1. The number of halogens is 2. The molecule has 2 aliphatic heterocycles. The SMILES string of the molecule is NC1CN(C(=S)Nc2ccc(Cl)c(Cl)c2)C(N2CCOCC2)=N1. The Morgan fingerprint density at radius 3 is 2.74 bits per heavy atom. The summed E-state index contributed by atoms with van der Waals surface area (Å²) in [7, 11) is 0. The standard InChI is InChI=1S/C14H17Cl2N5OS/c15-10-2-1-9(7-11(10)16)18-14(23)21-8-12(17)19-13(21)20-3-5-22-6-4-20/h1-2,7,12H,3-6,8,17H2,(H,18,23). The lowest BCUT2D eigenvalue weighted by atomic mass is 10.3. The first kappa shape index (κ1) is 16.7. The molecule has 1 saturated heterocycles. The fraction of sp³-hybridized carbons (Fsp3) is 0.429. The van der Waals surface area contributed by atoms with Crippen LogP contribution in [0.4, 0.5) is 5.69 Å². The monoisotopic (exact) mass is 373 g/mol. The van der Waals surface area contributed by atoms with E-state index in [1.54, 1.807) is 12.1 Å². The van der Waals surface area contributed by atoms with Crippen LogP contribution < -0.4 is 11.1 Å². The second kappa shape index (κ2) is 7.19. The molecule has 23 heavy (non-hydrogen) atoms. The number of nitrogens with two attached hydrogens (primary N) is 1. The van der Waals surface area contributed by atoms with E-state index in [1.807, 2.05) is 11.0 Å². The second-order valence-corrected chi connectivity index (χ2v) is 6.47. The van der Waals surface area contributed by atoms with Crippen LogP contribution in [0.2, 0.25) is 10.0 Å². The van der Waals surface area contributed by atoms with Crippen LogP contribution in [0.5, 0.6) is 0 Å². The topological polar surface area (TPSA) is 66.1 Å². The van der Waals surface area contributed by atoms with Gasteiger partial charge in [-0.15, -0.1) is 0 Å². The molecule has 0 bridgehead atoms. The van der Waals surface area contributed by atoms with Crippen molar-refractivity contribution >= 4 is 52.2 Å². The van der Waals surface area contributed by atoms with Crippen molar-refractivity contribution in [3.05, 3.63) is 28.2 Å².